The van der Waals surface area contributed by atoms with Crippen LogP contribution in [0.3, 0.4) is 0 Å². The fourth-order valence-corrected chi connectivity index (χ4v) is 2.20. The first-order valence-electron chi connectivity index (χ1n) is 7.07. The maximum atomic E-state index is 5.57. The van der Waals surface area contributed by atoms with Crippen LogP contribution in [0.15, 0.2) is 12.4 Å². The van der Waals surface area contributed by atoms with Gasteiger partial charge in [-0.05, 0) is 19.8 Å². The van der Waals surface area contributed by atoms with Crippen molar-refractivity contribution in [1.82, 2.24) is 19.5 Å². The van der Waals surface area contributed by atoms with Crippen LogP contribution in [-0.2, 0) is 12.8 Å². The van der Waals surface area contributed by atoms with Gasteiger partial charge < -0.3 is 5.43 Å². The lowest BCUT2D eigenvalue weighted by atomic mass is 10.2. The lowest BCUT2D eigenvalue weighted by Gasteiger charge is -2.14. The van der Waals surface area contributed by atoms with E-state index in [-0.39, 0.29) is 0 Å². The van der Waals surface area contributed by atoms with E-state index in [1.54, 1.807) is 0 Å². The molecular formula is C14H22N6. The Morgan fingerprint density at radius 2 is 1.95 bits per heavy atom. The Kier molecular flexibility index (Phi) is 4.68. The summed E-state index contributed by atoms with van der Waals surface area (Å²) in [5.74, 6) is 8.92. The van der Waals surface area contributed by atoms with Gasteiger partial charge in [-0.15, -0.1) is 0 Å². The maximum absolute atomic E-state index is 5.57. The number of aryl methyl sites for hydroxylation is 2. The fourth-order valence-electron chi connectivity index (χ4n) is 2.20. The fraction of sp³-hybridized carbons (Fsp3) is 0.500. The second-order valence-electron chi connectivity index (χ2n) is 4.79. The van der Waals surface area contributed by atoms with Gasteiger partial charge in [-0.25, -0.2) is 20.8 Å². The van der Waals surface area contributed by atoms with Gasteiger partial charge in [-0.2, -0.15) is 0 Å². The van der Waals surface area contributed by atoms with Crippen molar-refractivity contribution in [3.8, 4) is 5.82 Å². The van der Waals surface area contributed by atoms with Crippen LogP contribution in [0.2, 0.25) is 0 Å². The monoisotopic (exact) mass is 274 g/mol. The minimum atomic E-state index is 0.676. The Bertz CT molecular complexity index is 575. The van der Waals surface area contributed by atoms with Gasteiger partial charge in [0.05, 0.1) is 0 Å². The van der Waals surface area contributed by atoms with Crippen LogP contribution < -0.4 is 11.3 Å². The normalized spacial score (nSPS) is 10.8. The SMILES string of the molecule is CCCc1nc(NN)c(C)c(-n2ccnc2CCC)n1. The zero-order valence-corrected chi connectivity index (χ0v) is 12.3. The van der Waals surface area contributed by atoms with Gasteiger partial charge in [-0.3, -0.25) is 4.57 Å². The van der Waals surface area contributed by atoms with E-state index in [2.05, 4.69) is 34.2 Å². The van der Waals surface area contributed by atoms with Crippen LogP contribution in [0.5, 0.6) is 0 Å². The van der Waals surface area contributed by atoms with Crippen molar-refractivity contribution in [3.05, 3.63) is 29.6 Å². The van der Waals surface area contributed by atoms with E-state index < -0.39 is 0 Å². The Balaban J connectivity index is 2.53. The molecule has 0 atom stereocenters. The third-order valence-electron chi connectivity index (χ3n) is 3.20. The average molecular weight is 274 g/mol. The number of hydrogen-bond donors (Lipinski definition) is 2. The second-order valence-corrected chi connectivity index (χ2v) is 4.79. The number of imidazole rings is 1. The minimum Gasteiger partial charge on any atom is -0.308 e. The lowest BCUT2D eigenvalue weighted by Crippen LogP contribution is -2.16. The number of nitrogens with two attached hydrogens (primary N) is 1. The maximum Gasteiger partial charge on any atom is 0.148 e. The summed E-state index contributed by atoms with van der Waals surface area (Å²) >= 11 is 0. The summed E-state index contributed by atoms with van der Waals surface area (Å²) in [5.41, 5.74) is 3.60. The molecule has 3 N–H and O–H groups in total. The largest absolute Gasteiger partial charge is 0.308 e. The van der Waals surface area contributed by atoms with Gasteiger partial charge in [-0.1, -0.05) is 13.8 Å². The highest BCUT2D eigenvalue weighted by Crippen LogP contribution is 2.20. The first kappa shape index (κ1) is 14.5. The summed E-state index contributed by atoms with van der Waals surface area (Å²) in [5, 5.41) is 0. The van der Waals surface area contributed by atoms with E-state index in [1.165, 1.54) is 0 Å². The summed E-state index contributed by atoms with van der Waals surface area (Å²) in [6, 6.07) is 0. The molecule has 2 rings (SSSR count). The molecule has 0 saturated heterocycles. The highest BCUT2D eigenvalue weighted by Gasteiger charge is 2.14. The standard InChI is InChI=1S/C14H22N6/c1-4-6-11-17-13(19-15)10(3)14(18-11)20-9-8-16-12(20)7-5-2/h8-9H,4-7,15H2,1-3H3,(H,17,18,19). The zero-order valence-electron chi connectivity index (χ0n) is 12.3. The van der Waals surface area contributed by atoms with Crippen molar-refractivity contribution in [2.45, 2.75) is 46.5 Å². The molecule has 0 radical (unpaired) electrons. The van der Waals surface area contributed by atoms with Crippen LogP contribution in [0.4, 0.5) is 5.82 Å². The number of rotatable bonds is 6. The summed E-state index contributed by atoms with van der Waals surface area (Å²) in [7, 11) is 0. The third-order valence-corrected chi connectivity index (χ3v) is 3.20. The first-order valence-corrected chi connectivity index (χ1v) is 7.07. The van der Waals surface area contributed by atoms with Crippen molar-refractivity contribution < 1.29 is 0 Å². The van der Waals surface area contributed by atoms with Crippen LogP contribution in [0.25, 0.3) is 5.82 Å². The molecule has 0 aromatic carbocycles. The van der Waals surface area contributed by atoms with Crippen LogP contribution in [-0.4, -0.2) is 19.5 Å². The highest BCUT2D eigenvalue weighted by molar-refractivity contribution is 5.51. The molecule has 0 aliphatic heterocycles. The van der Waals surface area contributed by atoms with Crippen molar-refractivity contribution in [3.63, 3.8) is 0 Å². The predicted octanol–water partition coefficient (Wildman–Crippen LogP) is 2.16. The van der Waals surface area contributed by atoms with Crippen LogP contribution in [0, 0.1) is 6.92 Å². The zero-order chi connectivity index (χ0) is 14.5. The molecule has 6 heteroatoms. The molecular weight excluding hydrogens is 252 g/mol. The van der Waals surface area contributed by atoms with E-state index in [0.29, 0.717) is 5.82 Å². The average Bonchev–Trinajstić information content (AvgIpc) is 2.89. The van der Waals surface area contributed by atoms with Crippen molar-refractivity contribution in [1.29, 1.82) is 0 Å². The Hall–Kier alpha value is -1.95. The molecule has 0 bridgehead atoms. The molecule has 0 spiro atoms. The molecule has 0 aliphatic carbocycles. The second kappa shape index (κ2) is 6.47. The lowest BCUT2D eigenvalue weighted by molar-refractivity contribution is 0.770. The quantitative estimate of drug-likeness (QED) is 0.623. The van der Waals surface area contributed by atoms with Gasteiger partial charge in [0, 0.05) is 30.8 Å². The van der Waals surface area contributed by atoms with E-state index in [4.69, 9.17) is 5.84 Å². The molecule has 0 unspecified atom stereocenters. The predicted molar refractivity (Wildman–Crippen MR) is 79.7 cm³/mol. The summed E-state index contributed by atoms with van der Waals surface area (Å²) in [6.45, 7) is 6.22. The third kappa shape index (κ3) is 2.80. The molecule has 0 fully saturated rings. The topological polar surface area (TPSA) is 81.6 Å². The Labute approximate surface area is 119 Å². The van der Waals surface area contributed by atoms with E-state index in [0.717, 1.165) is 48.7 Å². The summed E-state index contributed by atoms with van der Waals surface area (Å²) in [6.07, 6.45) is 7.55. The van der Waals surface area contributed by atoms with E-state index >= 15 is 0 Å². The Morgan fingerprint density at radius 3 is 2.60 bits per heavy atom. The smallest absolute Gasteiger partial charge is 0.148 e. The molecule has 6 nitrogen and oxygen atoms in total. The summed E-state index contributed by atoms with van der Waals surface area (Å²) in [4.78, 5) is 13.5. The number of aromatic nitrogens is 4. The number of nitrogen functional groups attached to an aromatic ring is 1. The van der Waals surface area contributed by atoms with E-state index in [9.17, 15) is 0 Å². The van der Waals surface area contributed by atoms with E-state index in [1.807, 2.05) is 23.9 Å². The molecule has 0 amide bonds. The molecule has 2 aromatic rings. The van der Waals surface area contributed by atoms with Gasteiger partial charge in [0.1, 0.15) is 23.3 Å². The molecule has 0 saturated carbocycles. The van der Waals surface area contributed by atoms with Crippen LogP contribution in [0.1, 0.15) is 43.9 Å². The minimum absolute atomic E-state index is 0.676. The van der Waals surface area contributed by atoms with Gasteiger partial charge in [0.2, 0.25) is 0 Å². The highest BCUT2D eigenvalue weighted by atomic mass is 15.3. The van der Waals surface area contributed by atoms with Gasteiger partial charge in [0.25, 0.3) is 0 Å². The van der Waals surface area contributed by atoms with Crippen molar-refractivity contribution in [2.75, 3.05) is 5.43 Å². The molecule has 2 heterocycles. The summed E-state index contributed by atoms with van der Waals surface area (Å²) < 4.78 is 2.03. The first-order chi connectivity index (χ1) is 9.71. The molecule has 2 aromatic heterocycles. The number of anilines is 1. The molecule has 108 valence electrons. The number of hydrazine groups is 1. The van der Waals surface area contributed by atoms with Crippen molar-refractivity contribution >= 4 is 5.82 Å². The number of nitrogens with zero attached hydrogens (tertiary/aromatic N) is 4. The Morgan fingerprint density at radius 1 is 1.20 bits per heavy atom. The van der Waals surface area contributed by atoms with Gasteiger partial charge in [0.15, 0.2) is 0 Å². The molecule has 0 aliphatic rings. The number of nitrogens with one attached hydrogen (secondary N) is 1. The van der Waals surface area contributed by atoms with Gasteiger partial charge >= 0.3 is 0 Å². The number of hydrogen-bond acceptors (Lipinski definition) is 5. The van der Waals surface area contributed by atoms with Crippen molar-refractivity contribution in [2.24, 2.45) is 5.84 Å². The molecule has 20 heavy (non-hydrogen) atoms. The van der Waals surface area contributed by atoms with Crippen LogP contribution >= 0.6 is 0 Å².